The molecule has 1 unspecified atom stereocenters. The second kappa shape index (κ2) is 11.8. The lowest BCUT2D eigenvalue weighted by Gasteiger charge is -2.22. The van der Waals surface area contributed by atoms with E-state index >= 15 is 0 Å². The van der Waals surface area contributed by atoms with Gasteiger partial charge in [-0.05, 0) is 54.2 Å². The van der Waals surface area contributed by atoms with E-state index in [-0.39, 0.29) is 46.5 Å². The fraction of sp³-hybridized carbons (Fsp3) is 0.414. The number of ketones is 1. The fourth-order valence-electron chi connectivity index (χ4n) is 5.02. The summed E-state index contributed by atoms with van der Waals surface area (Å²) < 4.78 is 7.29. The molecule has 2 heterocycles. The number of carboxylic acid groups (broad SMARTS) is 1. The van der Waals surface area contributed by atoms with Crippen LogP contribution in [0.1, 0.15) is 84.5 Å². The molecule has 1 aromatic heterocycles. The highest BCUT2D eigenvalue weighted by Gasteiger charge is 2.31. The lowest BCUT2D eigenvalue weighted by molar-refractivity contribution is -0.140. The fourth-order valence-corrected chi connectivity index (χ4v) is 5.02. The van der Waals surface area contributed by atoms with Gasteiger partial charge in [-0.2, -0.15) is 0 Å². The number of aromatic nitrogens is 2. The predicted molar refractivity (Wildman–Crippen MR) is 158 cm³/mol. The van der Waals surface area contributed by atoms with Crippen LogP contribution in [0.4, 0.5) is 0 Å². The summed E-state index contributed by atoms with van der Waals surface area (Å²) in [5, 5.41) is 21.1. The van der Waals surface area contributed by atoms with Gasteiger partial charge >= 0.3 is 5.97 Å². The Balaban J connectivity index is 0.00000441. The van der Waals surface area contributed by atoms with Gasteiger partial charge in [-0.3, -0.25) is 15.0 Å². The molecule has 2 aromatic carbocycles. The first kappa shape index (κ1) is 30.8. The Kier molecular flexibility index (Phi) is 9.08. The van der Waals surface area contributed by atoms with E-state index in [1.165, 1.54) is 13.4 Å². The molecule has 4 rings (SSSR count). The molecule has 10 nitrogen and oxygen atoms in total. The number of nitrogens with one attached hydrogen (secondary N) is 2. The van der Waals surface area contributed by atoms with Crippen molar-refractivity contribution in [3.63, 3.8) is 0 Å². The minimum atomic E-state index is -0.961. The average molecular weight is 615 g/mol. The van der Waals surface area contributed by atoms with E-state index in [1.54, 1.807) is 34.6 Å². The molecule has 0 spiro atoms. The molecule has 11 heteroatoms. The summed E-state index contributed by atoms with van der Waals surface area (Å²) in [5.41, 5.74) is 3.93. The number of benzene rings is 2. The Morgan fingerprint density at radius 2 is 1.88 bits per heavy atom. The van der Waals surface area contributed by atoms with E-state index in [9.17, 15) is 19.5 Å². The summed E-state index contributed by atoms with van der Waals surface area (Å²) in [6.07, 6.45) is 1.90. The van der Waals surface area contributed by atoms with Crippen LogP contribution in [0.2, 0.25) is 0 Å². The van der Waals surface area contributed by atoms with Crippen LogP contribution in [0, 0.1) is 5.41 Å². The van der Waals surface area contributed by atoms with Crippen LogP contribution in [0.25, 0.3) is 11.0 Å². The Hall–Kier alpha value is -3.73. The van der Waals surface area contributed by atoms with Gasteiger partial charge in [0.15, 0.2) is 5.78 Å². The average Bonchev–Trinajstić information content (AvgIpc) is 3.43. The first-order chi connectivity index (χ1) is 18.4. The number of fused-ring (bicyclic) bond motifs is 2. The summed E-state index contributed by atoms with van der Waals surface area (Å²) >= 11 is 0. The van der Waals surface area contributed by atoms with E-state index in [0.29, 0.717) is 53.0 Å². The first-order valence-electron chi connectivity index (χ1n) is 13.0. The lowest BCUT2D eigenvalue weighted by atomic mass is 9.84. The Bertz CT molecular complexity index is 1490. The van der Waals surface area contributed by atoms with Crippen molar-refractivity contribution >= 4 is 51.5 Å². The molecule has 0 aliphatic carbocycles. The molecule has 40 heavy (non-hydrogen) atoms. The molecule has 0 saturated heterocycles. The second-order valence-electron chi connectivity index (χ2n) is 10.7. The monoisotopic (exact) mass is 613 g/mol. The summed E-state index contributed by atoms with van der Waals surface area (Å²) in [4.78, 5) is 44.2. The van der Waals surface area contributed by atoms with E-state index in [4.69, 9.17) is 10.1 Å². The maximum absolute atomic E-state index is 13.6. The standard InChI is InChI=1S/C29H35N5O5.BrH/c1-7-21(28(37)38)34-15-32-25-20(29(3,4)5)9-16(10-22(25)34)23(35)14-33-13-17-11-24(39-8-2)19(27(36)31-6)12-18(17)26(33)30;/h9-12,15,21,30H,7-8,13-14H2,1-6H3,(H,31,36)(H,37,38);1H. The number of Topliss-reactive ketones (excluding diaryl/α,β-unsaturated/α-hetero) is 1. The largest absolute Gasteiger partial charge is 0.493 e. The number of hydrogen-bond donors (Lipinski definition) is 3. The number of imidazole rings is 1. The number of halogens is 1. The summed E-state index contributed by atoms with van der Waals surface area (Å²) in [6, 6.07) is 6.14. The van der Waals surface area contributed by atoms with Gasteiger partial charge < -0.3 is 24.6 Å². The van der Waals surface area contributed by atoms with Gasteiger partial charge in [0.2, 0.25) is 0 Å². The molecule has 0 bridgehead atoms. The van der Waals surface area contributed by atoms with Crippen LogP contribution >= 0.6 is 17.0 Å². The summed E-state index contributed by atoms with van der Waals surface area (Å²) in [7, 11) is 1.54. The number of amides is 1. The van der Waals surface area contributed by atoms with Gasteiger partial charge in [0.1, 0.15) is 17.6 Å². The first-order valence-corrected chi connectivity index (χ1v) is 13.0. The van der Waals surface area contributed by atoms with Gasteiger partial charge in [0.05, 0.1) is 36.1 Å². The van der Waals surface area contributed by atoms with Crippen LogP contribution in [0.15, 0.2) is 30.6 Å². The number of ether oxygens (including phenoxy) is 1. The third kappa shape index (κ3) is 5.60. The number of carboxylic acids is 1. The third-order valence-corrected chi connectivity index (χ3v) is 7.06. The number of rotatable bonds is 9. The molecule has 3 aromatic rings. The zero-order chi connectivity index (χ0) is 28.6. The van der Waals surface area contributed by atoms with Crippen molar-refractivity contribution in [1.29, 1.82) is 5.41 Å². The number of nitrogens with zero attached hydrogens (tertiary/aromatic N) is 3. The quantitative estimate of drug-likeness (QED) is 0.297. The molecular weight excluding hydrogens is 578 g/mol. The molecule has 1 aliphatic rings. The zero-order valence-corrected chi connectivity index (χ0v) is 25.3. The molecule has 1 amide bonds. The lowest BCUT2D eigenvalue weighted by Crippen LogP contribution is -2.30. The zero-order valence-electron chi connectivity index (χ0n) is 23.6. The molecular formula is C29H36BrN5O5. The minimum Gasteiger partial charge on any atom is -0.493 e. The van der Waals surface area contributed by atoms with E-state index in [1.807, 2.05) is 33.8 Å². The Morgan fingerprint density at radius 1 is 1.18 bits per heavy atom. The number of hydrogen-bond acceptors (Lipinski definition) is 6. The maximum Gasteiger partial charge on any atom is 0.326 e. The van der Waals surface area contributed by atoms with Crippen LogP contribution in [0.5, 0.6) is 5.75 Å². The highest BCUT2D eigenvalue weighted by Crippen LogP contribution is 2.34. The van der Waals surface area contributed by atoms with Crippen molar-refractivity contribution < 1.29 is 24.2 Å². The van der Waals surface area contributed by atoms with Gasteiger partial charge in [-0.15, -0.1) is 17.0 Å². The highest BCUT2D eigenvalue weighted by atomic mass is 79.9. The summed E-state index contributed by atoms with van der Waals surface area (Å²) in [5.74, 6) is -0.876. The molecule has 1 atom stereocenters. The highest BCUT2D eigenvalue weighted by molar-refractivity contribution is 8.93. The van der Waals surface area contributed by atoms with Crippen LogP contribution < -0.4 is 10.1 Å². The molecule has 0 saturated carbocycles. The number of carbonyl (C=O) groups is 3. The van der Waals surface area contributed by atoms with Crippen LogP contribution in [-0.2, 0) is 16.8 Å². The molecule has 3 N–H and O–H groups in total. The van der Waals surface area contributed by atoms with Gasteiger partial charge in [-0.1, -0.05) is 27.7 Å². The van der Waals surface area contributed by atoms with E-state index < -0.39 is 12.0 Å². The van der Waals surface area contributed by atoms with Crippen molar-refractivity contribution in [3.05, 3.63) is 58.4 Å². The van der Waals surface area contributed by atoms with Crippen molar-refractivity contribution in [3.8, 4) is 5.75 Å². The predicted octanol–water partition coefficient (Wildman–Crippen LogP) is 4.73. The Labute approximate surface area is 244 Å². The van der Waals surface area contributed by atoms with Crippen LogP contribution in [-0.4, -0.2) is 63.3 Å². The number of carbonyl (C=O) groups excluding carboxylic acids is 2. The Morgan fingerprint density at radius 3 is 2.45 bits per heavy atom. The van der Waals surface area contributed by atoms with Crippen molar-refractivity contribution in [1.82, 2.24) is 19.8 Å². The summed E-state index contributed by atoms with van der Waals surface area (Å²) in [6.45, 7) is 10.4. The molecule has 0 radical (unpaired) electrons. The van der Waals surface area contributed by atoms with Gasteiger partial charge in [0, 0.05) is 24.7 Å². The topological polar surface area (TPSA) is 138 Å². The smallest absolute Gasteiger partial charge is 0.326 e. The number of amidine groups is 1. The number of aliphatic carboxylic acids is 1. The SMILES string of the molecule is Br.CCOc1cc2c(cc1C(=O)NC)C(=N)N(CC(=O)c1cc(C(C)(C)C)c3ncn(C(CC)C(=O)O)c3c1)C2. The van der Waals surface area contributed by atoms with E-state index in [0.717, 1.165) is 11.1 Å². The molecule has 214 valence electrons. The molecule has 1 aliphatic heterocycles. The maximum atomic E-state index is 13.6. The second-order valence-corrected chi connectivity index (χ2v) is 10.7. The van der Waals surface area contributed by atoms with Gasteiger partial charge in [0.25, 0.3) is 5.91 Å². The van der Waals surface area contributed by atoms with Crippen molar-refractivity contribution in [2.75, 3.05) is 20.2 Å². The third-order valence-electron chi connectivity index (χ3n) is 7.06. The van der Waals surface area contributed by atoms with Crippen LogP contribution in [0.3, 0.4) is 0 Å². The van der Waals surface area contributed by atoms with Gasteiger partial charge in [-0.25, -0.2) is 9.78 Å². The minimum absolute atomic E-state index is 0. The van der Waals surface area contributed by atoms with Crippen molar-refractivity contribution in [2.24, 2.45) is 0 Å². The van der Waals surface area contributed by atoms with E-state index in [2.05, 4.69) is 10.3 Å². The normalized spacial score (nSPS) is 13.6. The van der Waals surface area contributed by atoms with Crippen molar-refractivity contribution in [2.45, 2.75) is 59.0 Å². The molecule has 0 fully saturated rings.